The molecule has 0 amide bonds. The molecule has 3 heterocycles. The van der Waals surface area contributed by atoms with Crippen molar-refractivity contribution in [2.24, 2.45) is 0 Å². The van der Waals surface area contributed by atoms with Crippen molar-refractivity contribution in [3.63, 3.8) is 0 Å². The maximum Gasteiger partial charge on any atom is 0.0755 e. The molecule has 0 atom stereocenters. The third-order valence-corrected chi connectivity index (χ3v) is 20.1. The molecule has 2 aromatic heterocycles. The van der Waals surface area contributed by atoms with Crippen LogP contribution in [0.15, 0.2) is 370 Å². The van der Waals surface area contributed by atoms with E-state index in [0.717, 1.165) is 73.6 Å². The summed E-state index contributed by atoms with van der Waals surface area (Å²) in [4.78, 5) is 7.40. The van der Waals surface area contributed by atoms with Gasteiger partial charge in [-0.05, 0) is 201 Å². The van der Waals surface area contributed by atoms with Gasteiger partial charge in [-0.25, -0.2) is 0 Å². The zero-order chi connectivity index (χ0) is 63.3. The summed E-state index contributed by atoms with van der Waals surface area (Å²) in [6.45, 7) is 0. The lowest BCUT2D eigenvalue weighted by molar-refractivity contribution is 0.752. The minimum atomic E-state index is -0.791. The SMILES string of the molecule is c1ccc(-c2ccc(-n3c4ccccc4c4cc(N(c5ccccc5)c5ccc6c(c5)C5(c7cc(N(c8ccccc8)c8ccc9c(c8)c8ccccc8n9-c8ccc(-c9ccccc9)cc8)ccc7-6)c6ccccc6N(c6ccccc6)c6ccccc65)ccc43)cc2)cc1. The molecule has 2 aliphatic rings. The highest BCUT2D eigenvalue weighted by molar-refractivity contribution is 6.12. The fraction of sp³-hybridized carbons (Fsp3) is 0.0110. The predicted molar refractivity (Wildman–Crippen MR) is 401 cm³/mol. The molecule has 5 heteroatoms. The summed E-state index contributed by atoms with van der Waals surface area (Å²) in [5.41, 5.74) is 28.0. The summed E-state index contributed by atoms with van der Waals surface area (Å²) < 4.78 is 4.83. The second-order valence-electron chi connectivity index (χ2n) is 25.2. The first-order valence-corrected chi connectivity index (χ1v) is 33.1. The van der Waals surface area contributed by atoms with Crippen molar-refractivity contribution in [1.29, 1.82) is 0 Å². The lowest BCUT2D eigenvalue weighted by atomic mass is 9.64. The van der Waals surface area contributed by atoms with Crippen LogP contribution in [0.2, 0.25) is 0 Å². The lowest BCUT2D eigenvalue weighted by Crippen LogP contribution is -2.36. The number of anilines is 9. The van der Waals surface area contributed by atoms with E-state index in [1.54, 1.807) is 0 Å². The molecule has 15 aromatic carbocycles. The fourth-order valence-corrected chi connectivity index (χ4v) is 15.9. The monoisotopic (exact) mass is 1220 g/mol. The van der Waals surface area contributed by atoms with E-state index < -0.39 is 5.41 Å². The number of hydrogen-bond donors (Lipinski definition) is 0. The molecular formula is C91H61N5. The van der Waals surface area contributed by atoms with Crippen molar-refractivity contribution in [2.75, 3.05) is 14.7 Å². The normalized spacial score (nSPS) is 12.6. The van der Waals surface area contributed by atoms with Gasteiger partial charge in [0.1, 0.15) is 0 Å². The molecule has 0 saturated heterocycles. The van der Waals surface area contributed by atoms with Crippen LogP contribution in [0.4, 0.5) is 51.2 Å². The molecule has 96 heavy (non-hydrogen) atoms. The maximum absolute atomic E-state index is 2.52. The van der Waals surface area contributed by atoms with Gasteiger partial charge in [0.05, 0.1) is 38.9 Å². The average molecular weight is 1220 g/mol. The first kappa shape index (κ1) is 55.0. The molecule has 1 aliphatic carbocycles. The van der Waals surface area contributed by atoms with Crippen molar-refractivity contribution in [3.8, 4) is 44.8 Å². The first-order chi connectivity index (χ1) is 47.6. The molecule has 17 aromatic rings. The van der Waals surface area contributed by atoms with Crippen LogP contribution in [0.3, 0.4) is 0 Å². The van der Waals surface area contributed by atoms with Crippen molar-refractivity contribution in [3.05, 3.63) is 392 Å². The number of aromatic nitrogens is 2. The number of hydrogen-bond acceptors (Lipinski definition) is 3. The Balaban J connectivity index is 0.806. The van der Waals surface area contributed by atoms with Crippen LogP contribution in [-0.2, 0) is 5.41 Å². The third kappa shape index (κ3) is 8.57. The zero-order valence-electron chi connectivity index (χ0n) is 52.5. The molecule has 0 unspecified atom stereocenters. The summed E-state index contributed by atoms with van der Waals surface area (Å²) in [6.07, 6.45) is 0. The molecule has 0 fully saturated rings. The van der Waals surface area contributed by atoms with Crippen molar-refractivity contribution in [2.45, 2.75) is 5.41 Å². The van der Waals surface area contributed by atoms with E-state index in [0.29, 0.717) is 0 Å². The van der Waals surface area contributed by atoms with Gasteiger partial charge in [-0.2, -0.15) is 0 Å². The Morgan fingerprint density at radius 1 is 0.208 bits per heavy atom. The Morgan fingerprint density at radius 3 is 0.979 bits per heavy atom. The number of benzene rings is 15. The molecule has 1 aliphatic heterocycles. The van der Waals surface area contributed by atoms with E-state index >= 15 is 0 Å². The molecule has 450 valence electrons. The van der Waals surface area contributed by atoms with E-state index in [9.17, 15) is 0 Å². The second kappa shape index (κ2) is 22.3. The Bertz CT molecular complexity index is 5480. The van der Waals surface area contributed by atoms with Gasteiger partial charge < -0.3 is 23.8 Å². The van der Waals surface area contributed by atoms with E-state index in [2.05, 4.69) is 394 Å². The topological polar surface area (TPSA) is 19.6 Å². The maximum atomic E-state index is 2.52. The summed E-state index contributed by atoms with van der Waals surface area (Å²) in [5.74, 6) is 0. The van der Waals surface area contributed by atoms with Gasteiger partial charge >= 0.3 is 0 Å². The molecule has 1 spiro atoms. The average Bonchev–Trinajstić information content (AvgIpc) is 1.26. The van der Waals surface area contributed by atoms with Crippen LogP contribution in [0.5, 0.6) is 0 Å². The Kier molecular flexibility index (Phi) is 12.8. The number of para-hydroxylation sites is 7. The smallest absolute Gasteiger partial charge is 0.0755 e. The minimum Gasteiger partial charge on any atom is -0.310 e. The molecule has 0 radical (unpaired) electrons. The molecule has 0 saturated carbocycles. The third-order valence-electron chi connectivity index (χ3n) is 20.1. The van der Waals surface area contributed by atoms with E-state index in [1.807, 2.05) is 0 Å². The fourth-order valence-electron chi connectivity index (χ4n) is 15.9. The van der Waals surface area contributed by atoms with Crippen LogP contribution in [-0.4, -0.2) is 9.13 Å². The lowest BCUT2D eigenvalue weighted by Gasteiger charge is -2.45. The molecular weight excluding hydrogens is 1160 g/mol. The van der Waals surface area contributed by atoms with Gasteiger partial charge in [0.15, 0.2) is 0 Å². The Morgan fingerprint density at radius 2 is 0.542 bits per heavy atom. The van der Waals surface area contributed by atoms with E-state index in [1.165, 1.54) is 88.2 Å². The van der Waals surface area contributed by atoms with E-state index in [4.69, 9.17) is 0 Å². The predicted octanol–water partition coefficient (Wildman–Crippen LogP) is 24.3. The van der Waals surface area contributed by atoms with Crippen molar-refractivity contribution >= 4 is 94.8 Å². The first-order valence-electron chi connectivity index (χ1n) is 33.1. The Labute approximate surface area is 557 Å². The number of rotatable bonds is 11. The molecule has 19 rings (SSSR count). The van der Waals surface area contributed by atoms with Crippen LogP contribution < -0.4 is 14.7 Å². The second-order valence-corrected chi connectivity index (χ2v) is 25.2. The van der Waals surface area contributed by atoms with Crippen LogP contribution in [0.1, 0.15) is 22.3 Å². The quantitative estimate of drug-likeness (QED) is 0.129. The van der Waals surface area contributed by atoms with E-state index in [-0.39, 0.29) is 0 Å². The highest BCUT2D eigenvalue weighted by atomic mass is 15.2. The van der Waals surface area contributed by atoms with Crippen molar-refractivity contribution in [1.82, 2.24) is 9.13 Å². The van der Waals surface area contributed by atoms with Crippen LogP contribution >= 0.6 is 0 Å². The number of nitrogens with zero attached hydrogens (tertiary/aromatic N) is 5. The van der Waals surface area contributed by atoms with Crippen LogP contribution in [0, 0.1) is 0 Å². The van der Waals surface area contributed by atoms with Gasteiger partial charge in [0.25, 0.3) is 0 Å². The highest BCUT2D eigenvalue weighted by Gasteiger charge is 2.52. The molecule has 0 bridgehead atoms. The summed E-state index contributed by atoms with van der Waals surface area (Å²) >= 11 is 0. The summed E-state index contributed by atoms with van der Waals surface area (Å²) in [6, 6.07) is 137. The molecule has 5 nitrogen and oxygen atoms in total. The van der Waals surface area contributed by atoms with Crippen LogP contribution in [0.25, 0.3) is 88.4 Å². The van der Waals surface area contributed by atoms with Gasteiger partial charge in [0.2, 0.25) is 0 Å². The number of fused-ring (bicyclic) bond motifs is 15. The standard InChI is InChI=1S/C91H61N5/c1-6-24-62(25-7-1)64-42-46-69(47-43-64)94-85-38-20-16-34-77(85)79-58-71(52-56-87(79)94)92(66-28-10-3-11-29-66)73-50-54-75-76-55-51-74(61-84(76)91(83(75)60-73)81-36-18-22-40-89(81)96(68-32-14-5-15-33-68)90-41-23-19-37-82(90)91)93(67-30-12-4-13-31-67)72-53-57-88-80(59-72)78-35-17-21-39-86(78)95(88)70-48-44-65(45-49-70)63-26-8-2-9-27-63/h1-61H. The summed E-state index contributed by atoms with van der Waals surface area (Å²) in [5, 5.41) is 4.78. The Hall–Kier alpha value is -12.7. The largest absolute Gasteiger partial charge is 0.310 e. The highest BCUT2D eigenvalue weighted by Crippen LogP contribution is 2.65. The van der Waals surface area contributed by atoms with Gasteiger partial charge in [0, 0.05) is 72.7 Å². The molecule has 0 N–H and O–H groups in total. The van der Waals surface area contributed by atoms with Crippen molar-refractivity contribution < 1.29 is 0 Å². The minimum absolute atomic E-state index is 0.791. The van der Waals surface area contributed by atoms with Gasteiger partial charge in [-0.15, -0.1) is 0 Å². The van der Waals surface area contributed by atoms with Gasteiger partial charge in [-0.3, -0.25) is 0 Å². The van der Waals surface area contributed by atoms with Gasteiger partial charge in [-0.1, -0.05) is 224 Å². The summed E-state index contributed by atoms with van der Waals surface area (Å²) in [7, 11) is 0. The zero-order valence-corrected chi connectivity index (χ0v) is 52.5.